The Hall–Kier alpha value is -1.48. The molecule has 3 rings (SSSR count). The van der Waals surface area contributed by atoms with Gasteiger partial charge in [-0.2, -0.15) is 0 Å². The monoisotopic (exact) mass is 244 g/mol. The lowest BCUT2D eigenvalue weighted by Gasteiger charge is -2.24. The summed E-state index contributed by atoms with van der Waals surface area (Å²) in [5, 5.41) is 1.28. The average molecular weight is 244 g/mol. The number of ether oxygens (including phenoxy) is 1. The van der Waals surface area contributed by atoms with Crippen molar-refractivity contribution >= 4 is 10.9 Å². The number of fused-ring (bicyclic) bond motifs is 1. The molecule has 2 aromatic rings. The molecule has 1 aliphatic carbocycles. The Morgan fingerprint density at radius 3 is 2.67 bits per heavy atom. The predicted molar refractivity (Wildman–Crippen MR) is 74.1 cm³/mol. The normalized spacial score (nSPS) is 17.3. The van der Waals surface area contributed by atoms with Crippen LogP contribution >= 0.6 is 0 Å². The molecule has 0 bridgehead atoms. The van der Waals surface area contributed by atoms with Crippen molar-refractivity contribution in [1.82, 2.24) is 9.47 Å². The molecule has 1 heterocycles. The van der Waals surface area contributed by atoms with Crippen LogP contribution in [0.3, 0.4) is 0 Å². The van der Waals surface area contributed by atoms with Crippen LogP contribution in [0.25, 0.3) is 10.9 Å². The molecule has 0 aliphatic heterocycles. The second kappa shape index (κ2) is 4.02. The molecular weight excluding hydrogens is 224 g/mol. The van der Waals surface area contributed by atoms with E-state index in [4.69, 9.17) is 4.74 Å². The van der Waals surface area contributed by atoms with Gasteiger partial charge in [0.1, 0.15) is 5.75 Å². The van der Waals surface area contributed by atoms with Gasteiger partial charge in [-0.25, -0.2) is 0 Å². The van der Waals surface area contributed by atoms with Gasteiger partial charge in [-0.15, -0.1) is 0 Å². The number of hydrogen-bond donors (Lipinski definition) is 0. The third kappa shape index (κ3) is 1.79. The number of aromatic nitrogens is 1. The van der Waals surface area contributed by atoms with E-state index < -0.39 is 0 Å². The van der Waals surface area contributed by atoms with Gasteiger partial charge in [-0.3, -0.25) is 0 Å². The summed E-state index contributed by atoms with van der Waals surface area (Å²) in [6.45, 7) is 1.07. The molecule has 0 saturated heterocycles. The van der Waals surface area contributed by atoms with E-state index in [0.717, 1.165) is 12.3 Å². The Labute approximate surface area is 108 Å². The molecule has 1 aromatic heterocycles. The third-order valence-electron chi connectivity index (χ3n) is 4.22. The van der Waals surface area contributed by atoms with Crippen molar-refractivity contribution in [3.05, 3.63) is 30.5 Å². The van der Waals surface area contributed by atoms with E-state index in [9.17, 15) is 0 Å². The maximum Gasteiger partial charge on any atom is 0.120 e. The van der Waals surface area contributed by atoms with Gasteiger partial charge in [-0.05, 0) is 50.5 Å². The molecule has 1 aliphatic rings. The van der Waals surface area contributed by atoms with Gasteiger partial charge < -0.3 is 14.2 Å². The highest BCUT2D eigenvalue weighted by Crippen LogP contribution is 2.42. The van der Waals surface area contributed by atoms with Crippen molar-refractivity contribution in [3.8, 4) is 5.75 Å². The molecule has 1 fully saturated rings. The molecule has 0 atom stereocenters. The Bertz CT molecular complexity index is 567. The maximum absolute atomic E-state index is 5.32. The minimum atomic E-state index is 0.370. The molecular formula is C15H20N2O. The lowest BCUT2D eigenvalue weighted by atomic mass is 10.2. The first-order valence-corrected chi connectivity index (χ1v) is 6.45. The van der Waals surface area contributed by atoms with Crippen molar-refractivity contribution < 1.29 is 4.74 Å². The van der Waals surface area contributed by atoms with Crippen molar-refractivity contribution in [2.45, 2.75) is 24.9 Å². The standard InChI is InChI=1S/C15H20N2O/c1-16(2)15(7-8-15)11-17-9-6-12-4-5-13(18-3)10-14(12)17/h4-6,9-10H,7-8,11H2,1-3H3. The van der Waals surface area contributed by atoms with E-state index in [1.54, 1.807) is 7.11 Å². The lowest BCUT2D eigenvalue weighted by Crippen LogP contribution is -2.34. The van der Waals surface area contributed by atoms with E-state index in [1.807, 2.05) is 6.07 Å². The van der Waals surface area contributed by atoms with E-state index in [1.165, 1.54) is 23.7 Å². The van der Waals surface area contributed by atoms with Crippen molar-refractivity contribution in [2.75, 3.05) is 21.2 Å². The largest absolute Gasteiger partial charge is 0.497 e. The molecule has 1 saturated carbocycles. The van der Waals surface area contributed by atoms with Crippen LogP contribution in [0.15, 0.2) is 30.5 Å². The molecule has 3 nitrogen and oxygen atoms in total. The second-order valence-corrected chi connectivity index (χ2v) is 5.49. The molecule has 96 valence electrons. The first kappa shape index (κ1) is 11.6. The number of rotatable bonds is 4. The highest BCUT2D eigenvalue weighted by atomic mass is 16.5. The Balaban J connectivity index is 1.97. The maximum atomic E-state index is 5.32. The Morgan fingerprint density at radius 2 is 2.06 bits per heavy atom. The fraction of sp³-hybridized carbons (Fsp3) is 0.467. The SMILES string of the molecule is COc1ccc2ccn(CC3(N(C)C)CC3)c2c1. The summed E-state index contributed by atoms with van der Waals surface area (Å²) in [7, 11) is 6.08. The van der Waals surface area contributed by atoms with Gasteiger partial charge in [0.2, 0.25) is 0 Å². The van der Waals surface area contributed by atoms with Crippen LogP contribution in [-0.2, 0) is 6.54 Å². The highest BCUT2D eigenvalue weighted by molar-refractivity contribution is 5.81. The minimum absolute atomic E-state index is 0.370. The van der Waals surface area contributed by atoms with Crippen LogP contribution in [0.1, 0.15) is 12.8 Å². The van der Waals surface area contributed by atoms with Gasteiger partial charge in [0.15, 0.2) is 0 Å². The highest BCUT2D eigenvalue weighted by Gasteiger charge is 2.45. The number of benzene rings is 1. The smallest absolute Gasteiger partial charge is 0.120 e. The van der Waals surface area contributed by atoms with Crippen LogP contribution in [0.5, 0.6) is 5.75 Å². The van der Waals surface area contributed by atoms with Gasteiger partial charge in [0.05, 0.1) is 12.6 Å². The molecule has 3 heteroatoms. The molecule has 0 unspecified atom stereocenters. The van der Waals surface area contributed by atoms with E-state index >= 15 is 0 Å². The fourth-order valence-corrected chi connectivity index (χ4v) is 2.64. The molecule has 0 spiro atoms. The third-order valence-corrected chi connectivity index (χ3v) is 4.22. The quantitative estimate of drug-likeness (QED) is 0.823. The fourth-order valence-electron chi connectivity index (χ4n) is 2.64. The zero-order valence-corrected chi connectivity index (χ0v) is 11.3. The topological polar surface area (TPSA) is 17.4 Å². The second-order valence-electron chi connectivity index (χ2n) is 5.49. The van der Waals surface area contributed by atoms with Crippen LogP contribution in [0.4, 0.5) is 0 Å². The van der Waals surface area contributed by atoms with E-state index in [0.29, 0.717) is 5.54 Å². The number of likely N-dealkylation sites (N-methyl/N-ethyl adjacent to an activating group) is 1. The predicted octanol–water partition coefficient (Wildman–Crippen LogP) is 2.74. The molecule has 1 aromatic carbocycles. The van der Waals surface area contributed by atoms with Crippen LogP contribution in [-0.4, -0.2) is 36.2 Å². The minimum Gasteiger partial charge on any atom is -0.497 e. The molecule has 0 radical (unpaired) electrons. The van der Waals surface area contributed by atoms with Crippen molar-refractivity contribution in [1.29, 1.82) is 0 Å². The summed E-state index contributed by atoms with van der Waals surface area (Å²) in [6, 6.07) is 8.45. The first-order valence-electron chi connectivity index (χ1n) is 6.45. The molecule has 0 amide bonds. The van der Waals surface area contributed by atoms with Gasteiger partial charge in [0.25, 0.3) is 0 Å². The zero-order chi connectivity index (χ0) is 12.8. The molecule has 0 N–H and O–H groups in total. The molecule has 18 heavy (non-hydrogen) atoms. The van der Waals surface area contributed by atoms with E-state index in [2.05, 4.69) is 48.0 Å². The number of hydrogen-bond acceptors (Lipinski definition) is 2. The number of nitrogens with zero attached hydrogens (tertiary/aromatic N) is 2. The summed E-state index contributed by atoms with van der Waals surface area (Å²) >= 11 is 0. The van der Waals surface area contributed by atoms with Crippen molar-refractivity contribution in [3.63, 3.8) is 0 Å². The van der Waals surface area contributed by atoms with E-state index in [-0.39, 0.29) is 0 Å². The summed E-state index contributed by atoms with van der Waals surface area (Å²) < 4.78 is 7.67. The van der Waals surface area contributed by atoms with Crippen LogP contribution in [0.2, 0.25) is 0 Å². The summed E-state index contributed by atoms with van der Waals surface area (Å²) in [5.74, 6) is 0.928. The average Bonchev–Trinajstić information content (AvgIpc) is 3.06. The van der Waals surface area contributed by atoms with Crippen molar-refractivity contribution in [2.24, 2.45) is 0 Å². The van der Waals surface area contributed by atoms with Gasteiger partial charge in [-0.1, -0.05) is 0 Å². The summed E-state index contributed by atoms with van der Waals surface area (Å²) in [5.41, 5.74) is 1.64. The Morgan fingerprint density at radius 1 is 1.28 bits per heavy atom. The van der Waals surface area contributed by atoms with Gasteiger partial charge >= 0.3 is 0 Å². The van der Waals surface area contributed by atoms with Crippen LogP contribution in [0, 0.1) is 0 Å². The van der Waals surface area contributed by atoms with Gasteiger partial charge in [0, 0.05) is 24.3 Å². The Kier molecular flexibility index (Phi) is 2.59. The van der Waals surface area contributed by atoms with Crippen LogP contribution < -0.4 is 4.74 Å². The lowest BCUT2D eigenvalue weighted by molar-refractivity contribution is 0.244. The zero-order valence-electron chi connectivity index (χ0n) is 11.3. The summed E-state index contributed by atoms with van der Waals surface area (Å²) in [6.07, 6.45) is 4.78. The number of methoxy groups -OCH3 is 1. The first-order chi connectivity index (χ1) is 8.64. The summed E-state index contributed by atoms with van der Waals surface area (Å²) in [4.78, 5) is 2.36.